The molecule has 3 aromatic heterocycles. The highest BCUT2D eigenvalue weighted by Gasteiger charge is 2.25. The minimum absolute atomic E-state index is 0.835. The summed E-state index contributed by atoms with van der Waals surface area (Å²) in [4.78, 5) is 23.5. The van der Waals surface area contributed by atoms with Crippen LogP contribution in [0.2, 0.25) is 0 Å². The Labute approximate surface area is 169 Å². The van der Waals surface area contributed by atoms with Crippen molar-refractivity contribution in [3.8, 4) is 11.4 Å². The monoisotopic (exact) mass is 392 g/mol. The molecule has 1 aliphatic heterocycles. The maximum atomic E-state index is 5.04. The van der Waals surface area contributed by atoms with Crippen LogP contribution in [0.3, 0.4) is 0 Å². The fraction of sp³-hybridized carbons (Fsp3) is 0.429. The summed E-state index contributed by atoms with van der Waals surface area (Å²) in [7, 11) is 0. The van der Waals surface area contributed by atoms with Gasteiger partial charge in [-0.25, -0.2) is 15.0 Å². The third-order valence-corrected chi connectivity index (χ3v) is 6.24. The number of aryl methyl sites for hydroxylation is 1. The van der Waals surface area contributed by atoms with Crippen molar-refractivity contribution >= 4 is 17.2 Å². The van der Waals surface area contributed by atoms with Crippen molar-refractivity contribution in [2.45, 2.75) is 32.2 Å². The average molecular weight is 393 g/mol. The summed E-state index contributed by atoms with van der Waals surface area (Å²) < 4.78 is 0. The van der Waals surface area contributed by atoms with Gasteiger partial charge in [-0.1, -0.05) is 0 Å². The van der Waals surface area contributed by atoms with Crippen LogP contribution in [0.15, 0.2) is 35.4 Å². The molecule has 0 N–H and O–H groups in total. The van der Waals surface area contributed by atoms with E-state index in [-0.39, 0.29) is 0 Å². The predicted octanol–water partition coefficient (Wildman–Crippen LogP) is 3.20. The number of anilines is 1. The van der Waals surface area contributed by atoms with E-state index in [1.165, 1.54) is 23.4 Å². The van der Waals surface area contributed by atoms with E-state index in [2.05, 4.69) is 25.1 Å². The zero-order valence-electron chi connectivity index (χ0n) is 15.9. The standard InChI is InChI=1S/C21H24N6S/c1-3-18-19(4-1)24-20(16-5-7-22-8-6-16)25-21(18)27-10-2-9-26(11-12-27)13-17-14-28-15-23-17/h5-8,14-15H,1-4,9-13H2. The summed E-state index contributed by atoms with van der Waals surface area (Å²) in [6.07, 6.45) is 8.11. The molecule has 28 heavy (non-hydrogen) atoms. The van der Waals surface area contributed by atoms with E-state index in [0.717, 1.165) is 69.2 Å². The van der Waals surface area contributed by atoms with E-state index in [0.29, 0.717) is 0 Å². The number of pyridine rings is 1. The van der Waals surface area contributed by atoms with Gasteiger partial charge in [0.15, 0.2) is 5.82 Å². The molecule has 6 nitrogen and oxygen atoms in total. The van der Waals surface area contributed by atoms with Gasteiger partial charge in [-0.05, 0) is 37.8 Å². The first-order valence-electron chi connectivity index (χ1n) is 10.0. The number of fused-ring (bicyclic) bond motifs is 1. The van der Waals surface area contributed by atoms with Gasteiger partial charge in [-0.15, -0.1) is 11.3 Å². The second-order valence-corrected chi connectivity index (χ2v) is 8.20. The van der Waals surface area contributed by atoms with Gasteiger partial charge >= 0.3 is 0 Å². The molecule has 0 bridgehead atoms. The first-order valence-corrected chi connectivity index (χ1v) is 11.0. The molecular formula is C21H24N6S. The molecule has 3 aromatic rings. The second kappa shape index (κ2) is 7.93. The maximum absolute atomic E-state index is 5.04. The number of aromatic nitrogens is 4. The Morgan fingerprint density at radius 2 is 1.89 bits per heavy atom. The van der Waals surface area contributed by atoms with Gasteiger partial charge in [0.05, 0.1) is 11.2 Å². The molecular weight excluding hydrogens is 368 g/mol. The Hall–Kier alpha value is -2.38. The van der Waals surface area contributed by atoms with Crippen LogP contribution in [0.4, 0.5) is 5.82 Å². The highest BCUT2D eigenvalue weighted by molar-refractivity contribution is 7.07. The van der Waals surface area contributed by atoms with Crippen molar-refractivity contribution in [3.63, 3.8) is 0 Å². The van der Waals surface area contributed by atoms with Gasteiger partial charge in [-0.2, -0.15) is 0 Å². The van der Waals surface area contributed by atoms with Crippen molar-refractivity contribution in [3.05, 3.63) is 52.4 Å². The number of hydrogen-bond acceptors (Lipinski definition) is 7. The molecule has 1 fully saturated rings. The summed E-state index contributed by atoms with van der Waals surface area (Å²) in [6, 6.07) is 4.00. The van der Waals surface area contributed by atoms with Crippen LogP contribution >= 0.6 is 11.3 Å². The van der Waals surface area contributed by atoms with Crippen LogP contribution in [0.25, 0.3) is 11.4 Å². The Bertz CT molecular complexity index is 928. The topological polar surface area (TPSA) is 58.0 Å². The lowest BCUT2D eigenvalue weighted by Gasteiger charge is -2.25. The number of nitrogens with zero attached hydrogens (tertiary/aromatic N) is 6. The zero-order valence-corrected chi connectivity index (χ0v) is 16.7. The van der Waals surface area contributed by atoms with Gasteiger partial charge in [0.1, 0.15) is 5.82 Å². The van der Waals surface area contributed by atoms with Gasteiger partial charge in [0.25, 0.3) is 0 Å². The fourth-order valence-electron chi connectivity index (χ4n) is 4.19. The maximum Gasteiger partial charge on any atom is 0.161 e. The molecule has 0 amide bonds. The van der Waals surface area contributed by atoms with Gasteiger partial charge in [0, 0.05) is 67.3 Å². The molecule has 0 atom stereocenters. The van der Waals surface area contributed by atoms with E-state index >= 15 is 0 Å². The largest absolute Gasteiger partial charge is 0.355 e. The van der Waals surface area contributed by atoms with Crippen molar-refractivity contribution in [1.82, 2.24) is 24.8 Å². The summed E-state index contributed by atoms with van der Waals surface area (Å²) in [5, 5.41) is 2.15. The third-order valence-electron chi connectivity index (χ3n) is 5.61. The van der Waals surface area contributed by atoms with E-state index in [4.69, 9.17) is 9.97 Å². The van der Waals surface area contributed by atoms with Crippen LogP contribution < -0.4 is 4.90 Å². The lowest BCUT2D eigenvalue weighted by atomic mass is 10.2. The number of hydrogen-bond donors (Lipinski definition) is 0. The zero-order chi connectivity index (χ0) is 18.8. The summed E-state index contributed by atoms with van der Waals surface area (Å²) >= 11 is 1.67. The molecule has 0 saturated carbocycles. The minimum atomic E-state index is 0.835. The number of thiazole rings is 1. The Morgan fingerprint density at radius 1 is 0.964 bits per heavy atom. The highest BCUT2D eigenvalue weighted by atomic mass is 32.1. The minimum Gasteiger partial charge on any atom is -0.355 e. The van der Waals surface area contributed by atoms with Crippen LogP contribution in [-0.2, 0) is 19.4 Å². The molecule has 0 radical (unpaired) electrons. The van der Waals surface area contributed by atoms with Crippen LogP contribution in [0.1, 0.15) is 29.8 Å². The fourth-order valence-corrected chi connectivity index (χ4v) is 4.74. The van der Waals surface area contributed by atoms with Crippen LogP contribution in [0.5, 0.6) is 0 Å². The average Bonchev–Trinajstić information content (AvgIpc) is 3.36. The molecule has 0 unspecified atom stereocenters. The van der Waals surface area contributed by atoms with Crippen molar-refractivity contribution in [2.75, 3.05) is 31.1 Å². The molecule has 1 aliphatic carbocycles. The summed E-state index contributed by atoms with van der Waals surface area (Å²) in [6.45, 7) is 5.15. The Morgan fingerprint density at radius 3 is 2.75 bits per heavy atom. The second-order valence-electron chi connectivity index (χ2n) is 7.48. The van der Waals surface area contributed by atoms with E-state index in [1.807, 2.05) is 30.0 Å². The van der Waals surface area contributed by atoms with Crippen molar-refractivity contribution in [1.29, 1.82) is 0 Å². The lowest BCUT2D eigenvalue weighted by molar-refractivity contribution is 0.282. The first-order chi connectivity index (χ1) is 13.9. The van der Waals surface area contributed by atoms with Crippen LogP contribution in [0, 0.1) is 0 Å². The number of rotatable bonds is 4. The molecule has 7 heteroatoms. The third kappa shape index (κ3) is 3.64. The molecule has 0 aromatic carbocycles. The summed E-state index contributed by atoms with van der Waals surface area (Å²) in [5.74, 6) is 1.99. The molecule has 144 valence electrons. The van der Waals surface area contributed by atoms with Crippen molar-refractivity contribution in [2.24, 2.45) is 0 Å². The lowest BCUT2D eigenvalue weighted by Crippen LogP contribution is -2.31. The van der Waals surface area contributed by atoms with E-state index < -0.39 is 0 Å². The first kappa shape index (κ1) is 17.7. The highest BCUT2D eigenvalue weighted by Crippen LogP contribution is 2.32. The smallest absolute Gasteiger partial charge is 0.161 e. The molecule has 2 aliphatic rings. The quantitative estimate of drug-likeness (QED) is 0.680. The van der Waals surface area contributed by atoms with E-state index in [9.17, 15) is 0 Å². The molecule has 5 rings (SSSR count). The van der Waals surface area contributed by atoms with Crippen LogP contribution in [-0.4, -0.2) is 51.0 Å². The SMILES string of the molecule is c1cc(-c2nc3c(c(N4CCCN(Cc5cscn5)CC4)n2)CCC3)ccn1. The molecule has 4 heterocycles. The normalized spacial score (nSPS) is 17.5. The summed E-state index contributed by atoms with van der Waals surface area (Å²) in [5.41, 5.74) is 6.75. The molecule has 0 spiro atoms. The van der Waals surface area contributed by atoms with E-state index in [1.54, 1.807) is 11.3 Å². The Balaban J connectivity index is 1.40. The predicted molar refractivity (Wildman–Crippen MR) is 112 cm³/mol. The van der Waals surface area contributed by atoms with Gasteiger partial charge in [-0.3, -0.25) is 9.88 Å². The van der Waals surface area contributed by atoms with Crippen molar-refractivity contribution < 1.29 is 0 Å². The van der Waals surface area contributed by atoms with Gasteiger partial charge in [0.2, 0.25) is 0 Å². The van der Waals surface area contributed by atoms with Gasteiger partial charge < -0.3 is 4.90 Å². The molecule has 1 saturated heterocycles. The Kier molecular flexibility index (Phi) is 5.01.